The zero-order valence-corrected chi connectivity index (χ0v) is 18.7. The smallest absolute Gasteiger partial charge is 0.165 e. The van der Waals surface area contributed by atoms with Gasteiger partial charge in [-0.05, 0) is 49.8 Å². The molecule has 2 aromatic heterocycles. The fourth-order valence-corrected chi connectivity index (χ4v) is 4.21. The first-order chi connectivity index (χ1) is 14.5. The molecule has 0 aliphatic heterocycles. The lowest BCUT2D eigenvalue weighted by atomic mass is 10.1. The summed E-state index contributed by atoms with van der Waals surface area (Å²) in [5.74, 6) is 2.30. The van der Waals surface area contributed by atoms with Crippen LogP contribution in [-0.4, -0.2) is 41.2 Å². The molecule has 1 fully saturated rings. The molecule has 0 atom stereocenters. The second kappa shape index (κ2) is 8.98. The van der Waals surface area contributed by atoms with Crippen molar-refractivity contribution < 1.29 is 9.13 Å². The summed E-state index contributed by atoms with van der Waals surface area (Å²) >= 11 is 13.0. The molecule has 2 heterocycles. The molecule has 4 rings (SSSR count). The van der Waals surface area contributed by atoms with E-state index in [0.29, 0.717) is 46.1 Å². The molecule has 5 nitrogen and oxygen atoms in total. The molecule has 1 saturated carbocycles. The maximum atomic E-state index is 13.0. The minimum Gasteiger partial charge on any atom is -0.497 e. The van der Waals surface area contributed by atoms with Crippen LogP contribution in [-0.2, 0) is 6.42 Å². The summed E-state index contributed by atoms with van der Waals surface area (Å²) in [7, 11) is 1.60. The Morgan fingerprint density at radius 2 is 2.07 bits per heavy atom. The second-order valence-electron chi connectivity index (χ2n) is 7.62. The molecule has 0 bridgehead atoms. The Labute approximate surface area is 185 Å². The maximum absolute atomic E-state index is 13.0. The number of anilines is 1. The Hall–Kier alpha value is -2.05. The van der Waals surface area contributed by atoms with Crippen molar-refractivity contribution >= 4 is 34.7 Å². The van der Waals surface area contributed by atoms with E-state index in [9.17, 15) is 4.39 Å². The summed E-state index contributed by atoms with van der Waals surface area (Å²) in [6.07, 6.45) is 5.47. The van der Waals surface area contributed by atoms with E-state index in [1.807, 2.05) is 16.5 Å². The van der Waals surface area contributed by atoms with E-state index in [1.54, 1.807) is 19.4 Å². The summed E-state index contributed by atoms with van der Waals surface area (Å²) in [5.41, 5.74) is 3.00. The summed E-state index contributed by atoms with van der Waals surface area (Å²) in [4.78, 5) is 11.7. The van der Waals surface area contributed by atoms with E-state index in [-0.39, 0.29) is 6.67 Å². The zero-order chi connectivity index (χ0) is 21.3. The summed E-state index contributed by atoms with van der Waals surface area (Å²) < 4.78 is 20.2. The van der Waals surface area contributed by atoms with Gasteiger partial charge in [-0.1, -0.05) is 30.1 Å². The van der Waals surface area contributed by atoms with Gasteiger partial charge in [-0.15, -0.1) is 0 Å². The Morgan fingerprint density at radius 1 is 1.27 bits per heavy atom. The number of methoxy groups -OCH3 is 1. The highest BCUT2D eigenvalue weighted by molar-refractivity contribution is 6.33. The molecule has 0 saturated heterocycles. The van der Waals surface area contributed by atoms with Gasteiger partial charge in [0.2, 0.25) is 0 Å². The predicted molar refractivity (Wildman–Crippen MR) is 120 cm³/mol. The number of hydrogen-bond acceptors (Lipinski definition) is 4. The second-order valence-corrected chi connectivity index (χ2v) is 8.41. The molecule has 160 valence electrons. The Balaban J connectivity index is 1.88. The Morgan fingerprint density at radius 3 is 2.70 bits per heavy atom. The normalized spacial score (nSPS) is 13.8. The minimum atomic E-state index is -0.339. The fraction of sp³-hybridized carbons (Fsp3) is 0.455. The van der Waals surface area contributed by atoms with Crippen LogP contribution in [0.5, 0.6) is 5.75 Å². The molecule has 0 radical (unpaired) electrons. The van der Waals surface area contributed by atoms with Gasteiger partial charge >= 0.3 is 0 Å². The first-order valence-electron chi connectivity index (χ1n) is 10.3. The van der Waals surface area contributed by atoms with Crippen molar-refractivity contribution in [2.24, 2.45) is 5.92 Å². The van der Waals surface area contributed by atoms with E-state index in [1.165, 1.54) is 12.8 Å². The zero-order valence-electron chi connectivity index (χ0n) is 17.2. The topological polar surface area (TPSA) is 42.7 Å². The Kier molecular flexibility index (Phi) is 6.34. The molecular formula is C22H25Cl2FN4O. The van der Waals surface area contributed by atoms with Crippen LogP contribution in [0.4, 0.5) is 10.2 Å². The highest BCUT2D eigenvalue weighted by Gasteiger charge is 2.28. The number of benzene rings is 1. The summed E-state index contributed by atoms with van der Waals surface area (Å²) in [5, 5.41) is 0.864. The lowest BCUT2D eigenvalue weighted by molar-refractivity contribution is 0.415. The molecule has 1 aliphatic carbocycles. The van der Waals surface area contributed by atoms with E-state index < -0.39 is 0 Å². The quantitative estimate of drug-likeness (QED) is 0.409. The predicted octanol–water partition coefficient (Wildman–Crippen LogP) is 5.85. The molecule has 30 heavy (non-hydrogen) atoms. The third-order valence-electron chi connectivity index (χ3n) is 5.42. The van der Waals surface area contributed by atoms with Crippen LogP contribution < -0.4 is 9.64 Å². The van der Waals surface area contributed by atoms with Crippen LogP contribution in [0.3, 0.4) is 0 Å². The van der Waals surface area contributed by atoms with Gasteiger partial charge in [-0.2, -0.15) is 0 Å². The van der Waals surface area contributed by atoms with Gasteiger partial charge in [0.25, 0.3) is 0 Å². The van der Waals surface area contributed by atoms with Crippen molar-refractivity contribution in [3.63, 3.8) is 0 Å². The van der Waals surface area contributed by atoms with Gasteiger partial charge in [0.1, 0.15) is 22.4 Å². The fourth-order valence-electron chi connectivity index (χ4n) is 3.77. The lowest BCUT2D eigenvalue weighted by Crippen LogP contribution is -2.29. The number of rotatable bonds is 9. The number of aromatic nitrogens is 3. The molecule has 8 heteroatoms. The average molecular weight is 451 g/mol. The van der Waals surface area contributed by atoms with E-state index >= 15 is 0 Å². The highest BCUT2D eigenvalue weighted by atomic mass is 35.5. The molecule has 1 aromatic carbocycles. The first kappa shape index (κ1) is 21.2. The molecule has 0 amide bonds. The summed E-state index contributed by atoms with van der Waals surface area (Å²) in [6.45, 7) is 3.28. The average Bonchev–Trinajstić information content (AvgIpc) is 3.48. The van der Waals surface area contributed by atoms with Crippen molar-refractivity contribution in [1.29, 1.82) is 0 Å². The van der Waals surface area contributed by atoms with E-state index in [0.717, 1.165) is 30.0 Å². The number of hydrogen-bond donors (Lipinski definition) is 0. The molecular weight excluding hydrogens is 426 g/mol. The molecule has 1 aliphatic rings. The largest absolute Gasteiger partial charge is 0.497 e. The number of ether oxygens (including phenoxy) is 1. The number of alkyl halides is 1. The number of nitrogens with zero attached hydrogens (tertiary/aromatic N) is 4. The number of fused-ring (bicyclic) bond motifs is 1. The lowest BCUT2D eigenvalue weighted by Gasteiger charge is -2.25. The van der Waals surface area contributed by atoms with E-state index in [4.69, 9.17) is 32.9 Å². The molecule has 3 aromatic rings. The number of aryl methyl sites for hydroxylation is 1. The van der Waals surface area contributed by atoms with Gasteiger partial charge < -0.3 is 9.64 Å². The van der Waals surface area contributed by atoms with Gasteiger partial charge in [0.05, 0.1) is 24.5 Å². The SMILES string of the molecule is CCc1nc2c(-c3ccc(OC)cc3Cl)nc(Cl)cn2c1N(CCCF)CC1CC1. The van der Waals surface area contributed by atoms with Crippen LogP contribution >= 0.6 is 23.2 Å². The van der Waals surface area contributed by atoms with Gasteiger partial charge in [-0.25, -0.2) is 9.97 Å². The number of imidazole rings is 1. The van der Waals surface area contributed by atoms with Crippen molar-refractivity contribution in [3.8, 4) is 17.0 Å². The molecule has 0 N–H and O–H groups in total. The van der Waals surface area contributed by atoms with Gasteiger partial charge in [0.15, 0.2) is 5.65 Å². The van der Waals surface area contributed by atoms with Crippen LogP contribution in [0.1, 0.15) is 31.9 Å². The monoisotopic (exact) mass is 450 g/mol. The highest BCUT2D eigenvalue weighted by Crippen LogP contribution is 2.37. The maximum Gasteiger partial charge on any atom is 0.165 e. The van der Waals surface area contributed by atoms with E-state index in [2.05, 4.69) is 16.8 Å². The third kappa shape index (κ3) is 4.21. The van der Waals surface area contributed by atoms with Crippen molar-refractivity contribution in [2.75, 3.05) is 31.8 Å². The number of halogens is 3. The third-order valence-corrected chi connectivity index (χ3v) is 5.92. The van der Waals surface area contributed by atoms with Gasteiger partial charge in [-0.3, -0.25) is 8.79 Å². The van der Waals surface area contributed by atoms with Crippen LogP contribution in [0, 0.1) is 5.92 Å². The standard InChI is InChI=1S/C22H25Cl2FN4O/c1-3-18-22(28(10-4-9-25)12-14-5-6-14)29-13-19(24)27-20(21(29)26-18)16-8-7-15(30-2)11-17(16)23/h7-8,11,13-14H,3-6,9-10,12H2,1-2H3. The van der Waals surface area contributed by atoms with Crippen molar-refractivity contribution in [2.45, 2.75) is 32.6 Å². The van der Waals surface area contributed by atoms with Crippen LogP contribution in [0.25, 0.3) is 16.9 Å². The molecule has 0 unspecified atom stereocenters. The first-order valence-corrected chi connectivity index (χ1v) is 11.0. The van der Waals surface area contributed by atoms with Crippen molar-refractivity contribution in [3.05, 3.63) is 40.3 Å². The van der Waals surface area contributed by atoms with Crippen LogP contribution in [0.2, 0.25) is 10.2 Å². The van der Waals surface area contributed by atoms with Gasteiger partial charge in [0, 0.05) is 24.8 Å². The van der Waals surface area contributed by atoms with Crippen molar-refractivity contribution in [1.82, 2.24) is 14.4 Å². The minimum absolute atomic E-state index is 0.339. The van der Waals surface area contributed by atoms with Crippen LogP contribution in [0.15, 0.2) is 24.4 Å². The summed E-state index contributed by atoms with van der Waals surface area (Å²) in [6, 6.07) is 5.46. The Bertz CT molecular complexity index is 1050. The molecule has 0 spiro atoms.